The first-order valence-corrected chi connectivity index (χ1v) is 11.9. The first-order valence-electron chi connectivity index (χ1n) is 11.1. The molecule has 11 heteroatoms. The fraction of sp³-hybridized carbons (Fsp3) is 0.292. The molecule has 182 valence electrons. The molecule has 0 radical (unpaired) electrons. The average Bonchev–Trinajstić information content (AvgIpc) is 3.39. The van der Waals surface area contributed by atoms with Crippen molar-refractivity contribution in [3.8, 4) is 17.2 Å². The van der Waals surface area contributed by atoms with Crippen LogP contribution >= 0.6 is 11.3 Å². The summed E-state index contributed by atoms with van der Waals surface area (Å²) < 4.78 is 17.0. The van der Waals surface area contributed by atoms with Crippen molar-refractivity contribution >= 4 is 34.2 Å². The Kier molecular flexibility index (Phi) is 7.25. The summed E-state index contributed by atoms with van der Waals surface area (Å²) in [7, 11) is 0. The highest BCUT2D eigenvalue weighted by Crippen LogP contribution is 2.39. The third kappa shape index (κ3) is 4.94. The van der Waals surface area contributed by atoms with Crippen LogP contribution in [-0.2, 0) is 6.54 Å². The summed E-state index contributed by atoms with van der Waals surface area (Å²) in [4.78, 5) is 39.2. The third-order valence-corrected chi connectivity index (χ3v) is 5.85. The molecule has 0 unspecified atom stereocenters. The second-order valence-corrected chi connectivity index (χ2v) is 8.36. The lowest BCUT2D eigenvalue weighted by molar-refractivity contribution is 0.0641. The number of carbonyl (C=O) groups excluding carboxylic acids is 3. The van der Waals surface area contributed by atoms with Gasteiger partial charge < -0.3 is 14.2 Å². The Bertz CT molecular complexity index is 1210. The van der Waals surface area contributed by atoms with Crippen LogP contribution in [0.4, 0.5) is 5.13 Å². The minimum Gasteiger partial charge on any atom is -0.490 e. The molecule has 0 saturated carbocycles. The zero-order chi connectivity index (χ0) is 24.9. The summed E-state index contributed by atoms with van der Waals surface area (Å²) in [6.45, 7) is 6.65. The third-order valence-electron chi connectivity index (χ3n) is 5.03. The monoisotopic (exact) mass is 496 g/mol. The first-order chi connectivity index (χ1) is 17.0. The van der Waals surface area contributed by atoms with Gasteiger partial charge in [0.1, 0.15) is 5.01 Å². The molecule has 2 heterocycles. The normalized spacial score (nSPS) is 12.5. The number of nitrogens with one attached hydrogen (secondary N) is 1. The molecular formula is C24H24N4O6S. The lowest BCUT2D eigenvalue weighted by Gasteiger charge is -2.16. The smallest absolute Gasteiger partial charge is 0.261 e. The second kappa shape index (κ2) is 10.5. The number of hydrogen-bond acceptors (Lipinski definition) is 9. The molecule has 0 bridgehead atoms. The highest BCUT2D eigenvalue weighted by molar-refractivity contribution is 7.15. The van der Waals surface area contributed by atoms with Crippen molar-refractivity contribution in [1.82, 2.24) is 15.1 Å². The van der Waals surface area contributed by atoms with Crippen LogP contribution in [0.5, 0.6) is 17.2 Å². The Labute approximate surface area is 205 Å². The predicted octanol–water partition coefficient (Wildman–Crippen LogP) is 3.78. The van der Waals surface area contributed by atoms with Crippen LogP contribution in [0.25, 0.3) is 0 Å². The molecule has 4 rings (SSSR count). The number of ether oxygens (including phenoxy) is 3. The molecule has 1 aliphatic rings. The van der Waals surface area contributed by atoms with E-state index >= 15 is 0 Å². The Balaban J connectivity index is 1.50. The minimum atomic E-state index is -0.446. The number of benzene rings is 2. The molecule has 3 amide bonds. The number of rotatable bonds is 10. The molecule has 35 heavy (non-hydrogen) atoms. The highest BCUT2D eigenvalue weighted by atomic mass is 32.1. The Morgan fingerprint density at radius 1 is 0.914 bits per heavy atom. The number of aromatic nitrogens is 2. The topological polar surface area (TPSA) is 120 Å². The number of carbonyl (C=O) groups is 3. The highest BCUT2D eigenvalue weighted by Gasteiger charge is 2.35. The Morgan fingerprint density at radius 2 is 1.49 bits per heavy atom. The van der Waals surface area contributed by atoms with E-state index < -0.39 is 5.91 Å². The molecule has 1 aromatic heterocycles. The zero-order valence-electron chi connectivity index (χ0n) is 19.5. The Hall–Kier alpha value is -3.99. The van der Waals surface area contributed by atoms with E-state index in [1.165, 1.54) is 0 Å². The molecule has 3 aromatic rings. The van der Waals surface area contributed by atoms with Crippen molar-refractivity contribution in [2.24, 2.45) is 0 Å². The number of imide groups is 1. The largest absolute Gasteiger partial charge is 0.490 e. The minimum absolute atomic E-state index is 0.0358. The second-order valence-electron chi connectivity index (χ2n) is 7.30. The van der Waals surface area contributed by atoms with Crippen molar-refractivity contribution < 1.29 is 28.6 Å². The maximum atomic E-state index is 13.0. The van der Waals surface area contributed by atoms with Crippen LogP contribution in [0.1, 0.15) is 56.9 Å². The molecule has 0 spiro atoms. The van der Waals surface area contributed by atoms with Gasteiger partial charge in [0, 0.05) is 5.56 Å². The van der Waals surface area contributed by atoms with E-state index in [0.717, 1.165) is 16.2 Å². The van der Waals surface area contributed by atoms with Crippen molar-refractivity contribution in [3.05, 3.63) is 58.1 Å². The fourth-order valence-corrected chi connectivity index (χ4v) is 4.30. The molecule has 2 aromatic carbocycles. The van der Waals surface area contributed by atoms with Gasteiger partial charge in [-0.2, -0.15) is 0 Å². The standard InChI is InChI=1S/C24H24N4O6S/c1-4-32-17-11-14(12-18(33-5-2)20(17)34-6-3)21(29)25-24-27-26-19(35-24)13-28-22(30)15-9-7-8-10-16(15)23(28)31/h7-12H,4-6,13H2,1-3H3,(H,25,27,29). The molecule has 0 fully saturated rings. The van der Waals surface area contributed by atoms with Gasteiger partial charge in [0.2, 0.25) is 10.9 Å². The lowest BCUT2D eigenvalue weighted by Crippen LogP contribution is -2.29. The SMILES string of the molecule is CCOc1cc(C(=O)Nc2nnc(CN3C(=O)c4ccccc4C3=O)s2)cc(OCC)c1OCC. The van der Waals surface area contributed by atoms with Gasteiger partial charge in [-0.15, -0.1) is 10.2 Å². The number of amides is 3. The average molecular weight is 497 g/mol. The van der Waals surface area contributed by atoms with Gasteiger partial charge in [0.05, 0.1) is 37.5 Å². The number of nitrogens with zero attached hydrogens (tertiary/aromatic N) is 3. The summed E-state index contributed by atoms with van der Waals surface area (Å²) >= 11 is 1.08. The van der Waals surface area contributed by atoms with Crippen LogP contribution < -0.4 is 19.5 Å². The summed E-state index contributed by atoms with van der Waals surface area (Å²) in [5.41, 5.74) is 1.01. The van der Waals surface area contributed by atoms with E-state index in [0.29, 0.717) is 53.2 Å². The molecule has 0 atom stereocenters. The van der Waals surface area contributed by atoms with Crippen molar-refractivity contribution in [2.45, 2.75) is 27.3 Å². The lowest BCUT2D eigenvalue weighted by atomic mass is 10.1. The summed E-state index contributed by atoms with van der Waals surface area (Å²) in [5.74, 6) is 0.0219. The summed E-state index contributed by atoms with van der Waals surface area (Å²) in [6, 6.07) is 9.80. The van der Waals surface area contributed by atoms with E-state index in [1.807, 2.05) is 20.8 Å². The summed E-state index contributed by atoms with van der Waals surface area (Å²) in [5, 5.41) is 11.4. The maximum absolute atomic E-state index is 13.0. The molecular weight excluding hydrogens is 472 g/mol. The van der Waals surface area contributed by atoms with Gasteiger partial charge in [0.25, 0.3) is 17.7 Å². The Morgan fingerprint density at radius 3 is 2.03 bits per heavy atom. The van der Waals surface area contributed by atoms with Gasteiger partial charge in [0.15, 0.2) is 11.5 Å². The van der Waals surface area contributed by atoms with E-state index in [-0.39, 0.29) is 29.1 Å². The van der Waals surface area contributed by atoms with E-state index in [9.17, 15) is 14.4 Å². The van der Waals surface area contributed by atoms with E-state index in [2.05, 4.69) is 15.5 Å². The van der Waals surface area contributed by atoms with Crippen LogP contribution in [0.2, 0.25) is 0 Å². The van der Waals surface area contributed by atoms with Crippen molar-refractivity contribution in [1.29, 1.82) is 0 Å². The van der Waals surface area contributed by atoms with E-state index in [4.69, 9.17) is 14.2 Å². The summed E-state index contributed by atoms with van der Waals surface area (Å²) in [6.07, 6.45) is 0. The number of hydrogen-bond donors (Lipinski definition) is 1. The fourth-order valence-electron chi connectivity index (χ4n) is 3.58. The van der Waals surface area contributed by atoms with Gasteiger partial charge in [-0.05, 0) is 45.0 Å². The van der Waals surface area contributed by atoms with Crippen LogP contribution in [0.15, 0.2) is 36.4 Å². The van der Waals surface area contributed by atoms with Gasteiger partial charge in [-0.1, -0.05) is 23.5 Å². The molecule has 10 nitrogen and oxygen atoms in total. The van der Waals surface area contributed by atoms with Gasteiger partial charge >= 0.3 is 0 Å². The number of fused-ring (bicyclic) bond motifs is 1. The molecule has 1 aliphatic heterocycles. The molecule has 0 aliphatic carbocycles. The van der Waals surface area contributed by atoms with Crippen molar-refractivity contribution in [2.75, 3.05) is 25.1 Å². The van der Waals surface area contributed by atoms with Gasteiger partial charge in [-0.3, -0.25) is 24.6 Å². The quantitative estimate of drug-likeness (QED) is 0.421. The first kappa shape index (κ1) is 24.1. The van der Waals surface area contributed by atoms with E-state index in [1.54, 1.807) is 36.4 Å². The van der Waals surface area contributed by atoms with Crippen LogP contribution in [0.3, 0.4) is 0 Å². The zero-order valence-corrected chi connectivity index (χ0v) is 20.3. The molecule has 0 saturated heterocycles. The maximum Gasteiger partial charge on any atom is 0.261 e. The van der Waals surface area contributed by atoms with Crippen LogP contribution in [-0.4, -0.2) is 52.6 Å². The van der Waals surface area contributed by atoms with Crippen molar-refractivity contribution in [3.63, 3.8) is 0 Å². The van der Waals surface area contributed by atoms with Crippen LogP contribution in [0, 0.1) is 0 Å². The molecule has 1 N–H and O–H groups in total. The van der Waals surface area contributed by atoms with Gasteiger partial charge in [-0.25, -0.2) is 0 Å². The predicted molar refractivity (Wildman–Crippen MR) is 128 cm³/mol. The number of anilines is 1.